The second-order valence-electron chi connectivity index (χ2n) is 5.26. The fourth-order valence-electron chi connectivity index (χ4n) is 1.95. The molecule has 0 aliphatic rings. The number of halogens is 1. The van der Waals surface area contributed by atoms with Gasteiger partial charge in [-0.25, -0.2) is 4.39 Å². The molecular formula is C15H25FN2. The van der Waals surface area contributed by atoms with E-state index in [2.05, 4.69) is 19.2 Å². The minimum atomic E-state index is -0.285. The number of hydrogen-bond acceptors (Lipinski definition) is 2. The summed E-state index contributed by atoms with van der Waals surface area (Å²) in [6.07, 6.45) is 6.29. The highest BCUT2D eigenvalue weighted by Gasteiger charge is 2.00. The highest BCUT2D eigenvalue weighted by atomic mass is 19.1. The highest BCUT2D eigenvalue weighted by Crippen LogP contribution is 2.19. The molecule has 0 fully saturated rings. The van der Waals surface area contributed by atoms with E-state index in [4.69, 9.17) is 5.73 Å². The summed E-state index contributed by atoms with van der Waals surface area (Å²) >= 11 is 0. The monoisotopic (exact) mass is 252 g/mol. The zero-order valence-corrected chi connectivity index (χ0v) is 11.5. The van der Waals surface area contributed by atoms with E-state index in [0.29, 0.717) is 5.69 Å². The highest BCUT2D eigenvalue weighted by molar-refractivity contribution is 5.65. The molecule has 2 nitrogen and oxygen atoms in total. The van der Waals surface area contributed by atoms with Crippen molar-refractivity contribution < 1.29 is 4.39 Å². The van der Waals surface area contributed by atoms with Crippen LogP contribution >= 0.6 is 0 Å². The van der Waals surface area contributed by atoms with Gasteiger partial charge in [0.15, 0.2) is 0 Å². The maximum absolute atomic E-state index is 12.8. The van der Waals surface area contributed by atoms with Crippen molar-refractivity contribution in [3.8, 4) is 0 Å². The van der Waals surface area contributed by atoms with Crippen LogP contribution in [0.25, 0.3) is 0 Å². The van der Waals surface area contributed by atoms with E-state index in [1.165, 1.54) is 37.8 Å². The molecule has 0 aliphatic heterocycles. The average molecular weight is 252 g/mol. The number of unbranched alkanes of at least 4 members (excludes halogenated alkanes) is 3. The summed E-state index contributed by atoms with van der Waals surface area (Å²) in [7, 11) is 0. The zero-order valence-electron chi connectivity index (χ0n) is 11.5. The lowest BCUT2D eigenvalue weighted by Gasteiger charge is -2.09. The van der Waals surface area contributed by atoms with Crippen molar-refractivity contribution in [2.24, 2.45) is 5.92 Å². The molecule has 0 atom stereocenters. The quantitative estimate of drug-likeness (QED) is 0.530. The van der Waals surface area contributed by atoms with Gasteiger partial charge < -0.3 is 11.1 Å². The molecule has 0 saturated heterocycles. The van der Waals surface area contributed by atoms with Crippen molar-refractivity contribution in [3.63, 3.8) is 0 Å². The molecule has 1 rings (SSSR count). The topological polar surface area (TPSA) is 38.0 Å². The van der Waals surface area contributed by atoms with Gasteiger partial charge in [0.2, 0.25) is 0 Å². The summed E-state index contributed by atoms with van der Waals surface area (Å²) in [5.41, 5.74) is 7.03. The number of nitrogens with two attached hydrogens (primary N) is 1. The lowest BCUT2D eigenvalue weighted by atomic mass is 10.0. The van der Waals surface area contributed by atoms with Crippen molar-refractivity contribution in [2.75, 3.05) is 17.6 Å². The van der Waals surface area contributed by atoms with Gasteiger partial charge in [-0.05, 0) is 30.5 Å². The van der Waals surface area contributed by atoms with Crippen LogP contribution in [0.4, 0.5) is 15.8 Å². The van der Waals surface area contributed by atoms with Gasteiger partial charge in [0.25, 0.3) is 0 Å². The number of hydrogen-bond donors (Lipinski definition) is 2. The first-order valence-electron chi connectivity index (χ1n) is 6.88. The Morgan fingerprint density at radius 2 is 1.89 bits per heavy atom. The third-order valence-corrected chi connectivity index (χ3v) is 3.04. The first kappa shape index (κ1) is 14.8. The van der Waals surface area contributed by atoms with Crippen molar-refractivity contribution in [1.82, 2.24) is 0 Å². The maximum atomic E-state index is 12.8. The predicted octanol–water partition coefficient (Wildman–Crippen LogP) is 4.43. The molecule has 3 heteroatoms. The predicted molar refractivity (Wildman–Crippen MR) is 77.2 cm³/mol. The smallest absolute Gasteiger partial charge is 0.125 e. The summed E-state index contributed by atoms with van der Waals surface area (Å²) in [6.45, 7) is 5.43. The molecule has 0 aliphatic carbocycles. The number of benzene rings is 1. The number of rotatable bonds is 8. The molecule has 0 unspecified atom stereocenters. The van der Waals surface area contributed by atoms with Crippen LogP contribution in [0.5, 0.6) is 0 Å². The van der Waals surface area contributed by atoms with Crippen molar-refractivity contribution >= 4 is 11.4 Å². The van der Waals surface area contributed by atoms with Crippen LogP contribution in [0.3, 0.4) is 0 Å². The average Bonchev–Trinajstić information content (AvgIpc) is 2.30. The molecule has 0 aromatic heterocycles. The van der Waals surface area contributed by atoms with Crippen LogP contribution in [0.2, 0.25) is 0 Å². The van der Waals surface area contributed by atoms with Crippen molar-refractivity contribution in [3.05, 3.63) is 24.0 Å². The zero-order chi connectivity index (χ0) is 13.4. The van der Waals surface area contributed by atoms with E-state index < -0.39 is 0 Å². The van der Waals surface area contributed by atoms with E-state index in [1.54, 1.807) is 6.07 Å². The van der Waals surface area contributed by atoms with Gasteiger partial charge in [0, 0.05) is 6.54 Å². The molecule has 0 saturated carbocycles. The Kier molecular flexibility index (Phi) is 6.55. The van der Waals surface area contributed by atoms with Gasteiger partial charge in [-0.1, -0.05) is 39.5 Å². The van der Waals surface area contributed by atoms with E-state index in [-0.39, 0.29) is 5.82 Å². The molecule has 0 bridgehead atoms. The summed E-state index contributed by atoms with van der Waals surface area (Å²) in [5, 5.41) is 3.25. The van der Waals surface area contributed by atoms with Gasteiger partial charge in [0.1, 0.15) is 5.82 Å². The molecule has 102 valence electrons. The van der Waals surface area contributed by atoms with Gasteiger partial charge in [-0.3, -0.25) is 0 Å². The summed E-state index contributed by atoms with van der Waals surface area (Å²) in [4.78, 5) is 0. The van der Waals surface area contributed by atoms with Crippen molar-refractivity contribution in [2.45, 2.75) is 46.0 Å². The minimum Gasteiger partial charge on any atom is -0.397 e. The van der Waals surface area contributed by atoms with E-state index in [0.717, 1.165) is 24.6 Å². The Balaban J connectivity index is 2.11. The Morgan fingerprint density at radius 1 is 1.17 bits per heavy atom. The first-order valence-corrected chi connectivity index (χ1v) is 6.88. The Hall–Kier alpha value is -1.25. The molecule has 0 spiro atoms. The molecule has 0 heterocycles. The number of anilines is 2. The van der Waals surface area contributed by atoms with Gasteiger partial charge in [-0.15, -0.1) is 0 Å². The van der Waals surface area contributed by atoms with Crippen LogP contribution in [-0.2, 0) is 0 Å². The Morgan fingerprint density at radius 3 is 2.56 bits per heavy atom. The third-order valence-electron chi connectivity index (χ3n) is 3.04. The summed E-state index contributed by atoms with van der Waals surface area (Å²) in [6, 6.07) is 4.48. The van der Waals surface area contributed by atoms with Crippen LogP contribution in [-0.4, -0.2) is 6.54 Å². The molecule has 0 radical (unpaired) electrons. The van der Waals surface area contributed by atoms with E-state index in [1.807, 2.05) is 0 Å². The lowest BCUT2D eigenvalue weighted by Crippen LogP contribution is -2.04. The molecule has 18 heavy (non-hydrogen) atoms. The lowest BCUT2D eigenvalue weighted by molar-refractivity contribution is 0.523. The van der Waals surface area contributed by atoms with Gasteiger partial charge >= 0.3 is 0 Å². The number of nitrogen functional groups attached to an aromatic ring is 1. The Labute approximate surface area is 110 Å². The molecule has 0 amide bonds. The van der Waals surface area contributed by atoms with Gasteiger partial charge in [0.05, 0.1) is 11.4 Å². The molecule has 1 aromatic rings. The van der Waals surface area contributed by atoms with E-state index >= 15 is 0 Å². The summed E-state index contributed by atoms with van der Waals surface area (Å²) in [5.74, 6) is 0.522. The van der Waals surface area contributed by atoms with Gasteiger partial charge in [-0.2, -0.15) is 0 Å². The maximum Gasteiger partial charge on any atom is 0.125 e. The molecule has 1 aromatic carbocycles. The largest absolute Gasteiger partial charge is 0.397 e. The fourth-order valence-corrected chi connectivity index (χ4v) is 1.95. The second-order valence-corrected chi connectivity index (χ2v) is 5.26. The molecule has 3 N–H and O–H groups in total. The molecular weight excluding hydrogens is 227 g/mol. The van der Waals surface area contributed by atoms with Crippen LogP contribution in [0.15, 0.2) is 18.2 Å². The van der Waals surface area contributed by atoms with Crippen LogP contribution < -0.4 is 11.1 Å². The standard InChI is InChI=1S/C15H25FN2/c1-12(2)7-5-3-4-6-10-18-15-9-8-13(16)11-14(15)17/h8-9,11-12,18H,3-7,10,17H2,1-2H3. The Bertz CT molecular complexity index is 350. The van der Waals surface area contributed by atoms with Crippen LogP contribution in [0, 0.1) is 11.7 Å². The van der Waals surface area contributed by atoms with Crippen LogP contribution in [0.1, 0.15) is 46.0 Å². The second kappa shape index (κ2) is 7.96. The third kappa shape index (κ3) is 5.89. The normalized spacial score (nSPS) is 10.9. The minimum absolute atomic E-state index is 0.285. The van der Waals surface area contributed by atoms with E-state index in [9.17, 15) is 4.39 Å². The number of nitrogens with one attached hydrogen (secondary N) is 1. The first-order chi connectivity index (χ1) is 8.59. The van der Waals surface area contributed by atoms with Crippen molar-refractivity contribution in [1.29, 1.82) is 0 Å². The summed E-state index contributed by atoms with van der Waals surface area (Å²) < 4.78 is 12.8. The fraction of sp³-hybridized carbons (Fsp3) is 0.600. The SMILES string of the molecule is CC(C)CCCCCCNc1ccc(F)cc1N.